The minimum Gasteiger partial charge on any atom is -0.508 e. The van der Waals surface area contributed by atoms with Crippen LogP contribution in [0.3, 0.4) is 0 Å². The maximum absolute atomic E-state index is 12.4. The van der Waals surface area contributed by atoms with E-state index in [0.717, 1.165) is 56.9 Å². The highest BCUT2D eigenvalue weighted by molar-refractivity contribution is 7.58. The van der Waals surface area contributed by atoms with Gasteiger partial charge < -0.3 is 52.2 Å². The number of benzene rings is 1. The van der Waals surface area contributed by atoms with Crippen molar-refractivity contribution < 1.29 is 43.8 Å². The number of nitrogens with zero attached hydrogens (tertiary/aromatic N) is 1. The van der Waals surface area contributed by atoms with Gasteiger partial charge in [-0.1, -0.05) is 50.7 Å². The van der Waals surface area contributed by atoms with Crippen LogP contribution in [0.25, 0.3) is 0 Å². The Morgan fingerprint density at radius 3 is 1.63 bits per heavy atom. The summed E-state index contributed by atoms with van der Waals surface area (Å²) in [5.41, 5.74) is 13.1. The average Bonchev–Trinajstić information content (AvgIpc) is 3.60. The Morgan fingerprint density at radius 1 is 0.769 bits per heavy atom. The molecule has 4 rings (SSSR count). The van der Waals surface area contributed by atoms with Crippen molar-refractivity contribution in [3.63, 3.8) is 0 Å². The molecule has 6 atom stereocenters. The maximum atomic E-state index is 12.4. The Hall–Kier alpha value is -2.61. The third-order valence-electron chi connectivity index (χ3n) is 9.60. The molecule has 0 radical (unpaired) electrons. The molecule has 1 aromatic carbocycles. The van der Waals surface area contributed by atoms with Gasteiger partial charge in [0, 0.05) is 38.0 Å². The summed E-state index contributed by atoms with van der Waals surface area (Å²) in [6, 6.07) is 4.84. The molecule has 17 heteroatoms. The Balaban J connectivity index is 0.000000281. The van der Waals surface area contributed by atoms with Crippen LogP contribution < -0.4 is 22.1 Å². The van der Waals surface area contributed by atoms with E-state index in [1.54, 1.807) is 18.3 Å². The number of amides is 2. The molecule has 1 heterocycles. The molecule has 2 fully saturated rings. The number of carbonyl (C=O) groups is 2. The van der Waals surface area contributed by atoms with Crippen LogP contribution in [-0.4, -0.2) is 109 Å². The first-order valence-electron chi connectivity index (χ1n) is 18.4. The lowest BCUT2D eigenvalue weighted by molar-refractivity contribution is -0.123. The van der Waals surface area contributed by atoms with E-state index in [1.165, 1.54) is 31.3 Å². The molecule has 0 aliphatic heterocycles. The van der Waals surface area contributed by atoms with E-state index < -0.39 is 50.8 Å². The van der Waals surface area contributed by atoms with Crippen molar-refractivity contribution in [2.24, 2.45) is 23.3 Å². The molecule has 1 aromatic heterocycles. The summed E-state index contributed by atoms with van der Waals surface area (Å²) in [4.78, 5) is 51.1. The number of carbonyl (C=O) groups excluding carboxylic acids is 2. The van der Waals surface area contributed by atoms with E-state index >= 15 is 0 Å². The zero-order valence-electron chi connectivity index (χ0n) is 30.0. The third-order valence-corrected chi connectivity index (χ3v) is 13.8. The van der Waals surface area contributed by atoms with E-state index in [2.05, 4.69) is 20.6 Å². The number of aliphatic hydroxyl groups is 2. The highest BCUT2D eigenvalue weighted by Crippen LogP contribution is 2.46. The SMILES string of the molecule is N[C@@H](Cc1c[nH]cn1)C(=O)NC[C@H](O)CP(=O)(O)CC1CCCCC1.N[C@@H](Cc1ccc(O)cc1)C(=O)NC[C@H](O)CP(=O)(O)CC1CCCCC1. The minimum atomic E-state index is -3.42. The predicted molar refractivity (Wildman–Crippen MR) is 200 cm³/mol. The summed E-state index contributed by atoms with van der Waals surface area (Å²) in [7, 11) is -6.81. The van der Waals surface area contributed by atoms with Crippen LogP contribution in [0.5, 0.6) is 5.75 Å². The highest BCUT2D eigenvalue weighted by atomic mass is 31.2. The average molecular weight is 771 g/mol. The number of nitrogens with two attached hydrogens (primary N) is 2. The van der Waals surface area contributed by atoms with Crippen LogP contribution in [0.15, 0.2) is 36.8 Å². The number of aromatic nitrogens is 2. The topological polar surface area (TPSA) is 274 Å². The van der Waals surface area contributed by atoms with Crippen molar-refractivity contribution in [2.75, 3.05) is 37.7 Å². The normalized spacial score (nSPS) is 20.2. The molecule has 294 valence electrons. The first-order valence-corrected chi connectivity index (χ1v) is 22.5. The fourth-order valence-corrected chi connectivity index (χ4v) is 11.1. The molecule has 12 N–H and O–H groups in total. The number of phenolic OH excluding ortho intramolecular Hbond substituents is 1. The number of aromatic hydroxyl groups is 1. The first-order chi connectivity index (χ1) is 24.6. The highest BCUT2D eigenvalue weighted by Gasteiger charge is 2.30. The molecule has 2 aromatic rings. The van der Waals surface area contributed by atoms with Crippen LogP contribution in [0.2, 0.25) is 0 Å². The number of imidazole rings is 1. The van der Waals surface area contributed by atoms with Gasteiger partial charge in [0.2, 0.25) is 26.6 Å². The van der Waals surface area contributed by atoms with Crippen LogP contribution in [0, 0.1) is 11.8 Å². The van der Waals surface area contributed by atoms with Gasteiger partial charge in [0.15, 0.2) is 0 Å². The second kappa shape index (κ2) is 21.9. The van der Waals surface area contributed by atoms with E-state index in [-0.39, 0.29) is 61.7 Å². The molecule has 2 saturated carbocycles. The zero-order chi connectivity index (χ0) is 38.1. The van der Waals surface area contributed by atoms with E-state index in [9.17, 15) is 43.8 Å². The van der Waals surface area contributed by atoms with Gasteiger partial charge >= 0.3 is 0 Å². The molecule has 2 amide bonds. The van der Waals surface area contributed by atoms with Gasteiger partial charge in [-0.2, -0.15) is 0 Å². The summed E-state index contributed by atoms with van der Waals surface area (Å²) in [5.74, 6) is -0.172. The maximum Gasteiger partial charge on any atom is 0.237 e. The molecule has 0 bridgehead atoms. The number of aliphatic hydroxyl groups excluding tert-OH is 2. The van der Waals surface area contributed by atoms with Crippen molar-refractivity contribution in [1.29, 1.82) is 0 Å². The molecule has 2 aliphatic carbocycles. The summed E-state index contributed by atoms with van der Waals surface area (Å²) in [6.45, 7) is -0.181. The van der Waals surface area contributed by atoms with Gasteiger partial charge in [0.1, 0.15) is 5.75 Å². The van der Waals surface area contributed by atoms with Gasteiger partial charge in [0.25, 0.3) is 0 Å². The molecule has 2 unspecified atom stereocenters. The Bertz CT molecular complexity index is 1440. The molecule has 52 heavy (non-hydrogen) atoms. The molecule has 15 nitrogen and oxygen atoms in total. The fourth-order valence-electron chi connectivity index (χ4n) is 6.88. The molecule has 0 saturated heterocycles. The molecule has 0 spiro atoms. The third kappa shape index (κ3) is 17.5. The van der Waals surface area contributed by atoms with Gasteiger partial charge in [-0.05, 0) is 61.6 Å². The number of rotatable bonds is 18. The molecular formula is C35H60N6O9P2. The number of hydrogen-bond donors (Lipinski definition) is 10. The number of nitrogens with one attached hydrogen (secondary N) is 3. The van der Waals surface area contributed by atoms with Crippen molar-refractivity contribution in [3.05, 3.63) is 48.0 Å². The largest absolute Gasteiger partial charge is 0.508 e. The van der Waals surface area contributed by atoms with Gasteiger partial charge in [-0.15, -0.1) is 0 Å². The monoisotopic (exact) mass is 770 g/mol. The lowest BCUT2D eigenvalue weighted by Gasteiger charge is -2.25. The van der Waals surface area contributed by atoms with E-state index in [0.29, 0.717) is 12.1 Å². The first kappa shape index (κ1) is 43.8. The summed E-state index contributed by atoms with van der Waals surface area (Å²) in [5, 5.41) is 34.4. The van der Waals surface area contributed by atoms with Gasteiger partial charge in [-0.25, -0.2) is 4.98 Å². The van der Waals surface area contributed by atoms with Crippen LogP contribution in [-0.2, 0) is 31.6 Å². The van der Waals surface area contributed by atoms with Crippen LogP contribution in [0.1, 0.15) is 75.5 Å². The number of aromatic amines is 1. The van der Waals surface area contributed by atoms with Gasteiger partial charge in [0.05, 0.1) is 48.6 Å². The number of phenols is 1. The molecular weight excluding hydrogens is 710 g/mol. The Labute approximate surface area is 306 Å². The smallest absolute Gasteiger partial charge is 0.237 e. The quantitative estimate of drug-likeness (QED) is 0.0978. The minimum absolute atomic E-state index is 0.0810. The molecule has 2 aliphatic rings. The van der Waals surface area contributed by atoms with Crippen LogP contribution >= 0.6 is 14.7 Å². The number of H-pyrrole nitrogens is 1. The van der Waals surface area contributed by atoms with Crippen molar-refractivity contribution >= 4 is 26.6 Å². The number of hydrogen-bond acceptors (Lipinski definition) is 10. The van der Waals surface area contributed by atoms with Crippen molar-refractivity contribution in [3.8, 4) is 5.75 Å². The van der Waals surface area contributed by atoms with Crippen LogP contribution in [0.4, 0.5) is 0 Å². The second-order valence-corrected chi connectivity index (χ2v) is 19.4. The van der Waals surface area contributed by atoms with Crippen molar-refractivity contribution in [2.45, 2.75) is 101 Å². The zero-order valence-corrected chi connectivity index (χ0v) is 31.8. The second-order valence-electron chi connectivity index (χ2n) is 14.6. The standard InChI is InChI=1S/C19H31N2O5P.C16H29N4O4P/c20-18(10-14-6-8-16(22)9-7-14)19(24)21-11-17(23)13-27(25,26)12-15-4-2-1-3-5-15;17-15(6-13-7-18-11-20-13)16(22)19-8-14(21)10-25(23,24)9-12-4-2-1-3-5-12/h6-9,15,17-18,22-23H,1-5,10-13,20H2,(H,21,24)(H,25,26);7,11-12,14-15,21H,1-6,8-10,17H2,(H,18,20)(H,19,22)(H,23,24)/t17-,18-;14-,15-/m00/s1. The van der Waals surface area contributed by atoms with E-state index in [4.69, 9.17) is 11.5 Å². The fraction of sp³-hybridized carbons (Fsp3) is 0.686. The predicted octanol–water partition coefficient (Wildman–Crippen LogP) is 2.20. The summed E-state index contributed by atoms with van der Waals surface area (Å²) in [6.07, 6.45) is 12.4. The Kier molecular flexibility index (Phi) is 18.5. The van der Waals surface area contributed by atoms with E-state index in [1.807, 2.05) is 0 Å². The summed E-state index contributed by atoms with van der Waals surface area (Å²) >= 11 is 0. The summed E-state index contributed by atoms with van der Waals surface area (Å²) < 4.78 is 24.7. The lowest BCUT2D eigenvalue weighted by atomic mass is 9.91. The lowest BCUT2D eigenvalue weighted by Crippen LogP contribution is -2.45. The van der Waals surface area contributed by atoms with Crippen molar-refractivity contribution in [1.82, 2.24) is 20.6 Å². The van der Waals surface area contributed by atoms with Gasteiger partial charge in [-0.3, -0.25) is 18.7 Å². The Morgan fingerprint density at radius 2 is 1.21 bits per heavy atom.